The molecule has 1 aromatic heterocycles. The molecule has 3 aliphatic rings. The highest BCUT2D eigenvalue weighted by Crippen LogP contribution is 2.35. The van der Waals surface area contributed by atoms with Crippen LogP contribution in [0.5, 0.6) is 0 Å². The fraction of sp³-hybridized carbons (Fsp3) is 0.765. The van der Waals surface area contributed by atoms with E-state index in [1.165, 1.54) is 43.1 Å². The lowest BCUT2D eigenvalue weighted by molar-refractivity contribution is 0.175. The van der Waals surface area contributed by atoms with Gasteiger partial charge in [0.15, 0.2) is 0 Å². The monoisotopic (exact) mass is 405 g/mol. The van der Waals surface area contributed by atoms with E-state index in [1.807, 2.05) is 0 Å². The summed E-state index contributed by atoms with van der Waals surface area (Å²) in [6.45, 7) is 4.51. The van der Waals surface area contributed by atoms with E-state index in [9.17, 15) is 0 Å². The zero-order chi connectivity index (χ0) is 15.6. The molecule has 142 valence electrons. The molecule has 1 aliphatic carbocycles. The largest absolute Gasteiger partial charge is 0.354 e. The van der Waals surface area contributed by atoms with Crippen LogP contribution in [0.15, 0.2) is 12.4 Å². The molecule has 0 aromatic carbocycles. The molecule has 0 amide bonds. The van der Waals surface area contributed by atoms with Gasteiger partial charge in [0.1, 0.15) is 12.1 Å². The summed E-state index contributed by atoms with van der Waals surface area (Å²) in [4.78, 5) is 14.1. The van der Waals surface area contributed by atoms with Gasteiger partial charge < -0.3 is 10.6 Å². The Morgan fingerprint density at radius 3 is 2.32 bits per heavy atom. The summed E-state index contributed by atoms with van der Waals surface area (Å²) in [5.74, 6) is 4.33. The summed E-state index contributed by atoms with van der Waals surface area (Å²) in [6.07, 6.45) is 6.61. The standard InChI is InChI=1S/C17H27N5S.2ClH/c18-14-9-13(10-14)16-11-17(20-12-19-16)22-5-3-21(4-6-22)15-1-7-23-8-2-15;;/h11-15H,1-10,18H2;2*1H. The van der Waals surface area contributed by atoms with Crippen LogP contribution >= 0.6 is 36.6 Å². The summed E-state index contributed by atoms with van der Waals surface area (Å²) in [5, 5.41) is 0. The summed E-state index contributed by atoms with van der Waals surface area (Å²) in [6, 6.07) is 3.38. The van der Waals surface area contributed by atoms with Crippen LogP contribution in [0.4, 0.5) is 5.82 Å². The zero-order valence-electron chi connectivity index (χ0n) is 14.5. The van der Waals surface area contributed by atoms with Crippen molar-refractivity contribution in [2.75, 3.05) is 42.6 Å². The number of anilines is 1. The molecule has 3 heterocycles. The summed E-state index contributed by atoms with van der Waals surface area (Å²) in [7, 11) is 0. The number of hydrogen-bond acceptors (Lipinski definition) is 6. The fourth-order valence-electron chi connectivity index (χ4n) is 4.03. The number of nitrogens with zero attached hydrogens (tertiary/aromatic N) is 4. The predicted octanol–water partition coefficient (Wildman–Crippen LogP) is 2.54. The van der Waals surface area contributed by atoms with Gasteiger partial charge in [0.2, 0.25) is 0 Å². The van der Waals surface area contributed by atoms with E-state index in [1.54, 1.807) is 6.33 Å². The second-order valence-electron chi connectivity index (χ2n) is 7.10. The van der Waals surface area contributed by atoms with Crippen LogP contribution in [0, 0.1) is 0 Å². The van der Waals surface area contributed by atoms with Crippen molar-refractivity contribution < 1.29 is 0 Å². The SMILES string of the molecule is Cl.Cl.NC1CC(c2cc(N3CCN(C4CCSCC4)CC3)ncn2)C1. The van der Waals surface area contributed by atoms with Gasteiger partial charge in [-0.15, -0.1) is 24.8 Å². The third kappa shape index (κ3) is 4.92. The third-order valence-corrected chi connectivity index (χ3v) is 6.66. The highest BCUT2D eigenvalue weighted by atomic mass is 35.5. The van der Waals surface area contributed by atoms with E-state index in [4.69, 9.17) is 5.73 Å². The zero-order valence-corrected chi connectivity index (χ0v) is 17.0. The Kier molecular flexibility index (Phi) is 8.08. The van der Waals surface area contributed by atoms with E-state index < -0.39 is 0 Å². The Morgan fingerprint density at radius 1 is 1.00 bits per heavy atom. The first-order valence-electron chi connectivity index (χ1n) is 8.94. The number of aromatic nitrogens is 2. The average molecular weight is 406 g/mol. The van der Waals surface area contributed by atoms with Gasteiger partial charge in [-0.3, -0.25) is 4.90 Å². The van der Waals surface area contributed by atoms with Crippen molar-refractivity contribution in [2.45, 2.75) is 43.7 Å². The van der Waals surface area contributed by atoms with E-state index in [0.29, 0.717) is 12.0 Å². The minimum absolute atomic E-state index is 0. The van der Waals surface area contributed by atoms with Gasteiger partial charge in [0, 0.05) is 55.9 Å². The molecule has 0 spiro atoms. The number of halogens is 2. The van der Waals surface area contributed by atoms with Crippen molar-refractivity contribution in [3.05, 3.63) is 18.1 Å². The summed E-state index contributed by atoms with van der Waals surface area (Å²) < 4.78 is 0. The van der Waals surface area contributed by atoms with Crippen molar-refractivity contribution in [3.63, 3.8) is 0 Å². The van der Waals surface area contributed by atoms with Gasteiger partial charge in [0.25, 0.3) is 0 Å². The molecular formula is C17H29Cl2N5S. The maximum atomic E-state index is 5.91. The highest BCUT2D eigenvalue weighted by molar-refractivity contribution is 7.99. The Morgan fingerprint density at radius 2 is 1.68 bits per heavy atom. The third-order valence-electron chi connectivity index (χ3n) is 5.61. The van der Waals surface area contributed by atoms with Gasteiger partial charge in [-0.05, 0) is 37.2 Å². The molecule has 0 radical (unpaired) electrons. The highest BCUT2D eigenvalue weighted by Gasteiger charge is 2.30. The second-order valence-corrected chi connectivity index (χ2v) is 8.32. The van der Waals surface area contributed by atoms with Crippen LogP contribution in [0.3, 0.4) is 0 Å². The van der Waals surface area contributed by atoms with Gasteiger partial charge >= 0.3 is 0 Å². The average Bonchev–Trinajstić information content (AvgIpc) is 2.60. The van der Waals surface area contributed by atoms with Crippen LogP contribution in [0.1, 0.15) is 37.3 Å². The molecule has 0 unspecified atom stereocenters. The molecule has 2 saturated heterocycles. The predicted molar refractivity (Wildman–Crippen MR) is 111 cm³/mol. The Labute approximate surface area is 167 Å². The van der Waals surface area contributed by atoms with E-state index in [-0.39, 0.29) is 24.8 Å². The minimum Gasteiger partial charge on any atom is -0.354 e. The Hall–Kier alpha value is -0.270. The number of nitrogens with two attached hydrogens (primary N) is 1. The summed E-state index contributed by atoms with van der Waals surface area (Å²) >= 11 is 2.11. The number of thioether (sulfide) groups is 1. The lowest BCUT2D eigenvalue weighted by Crippen LogP contribution is -2.51. The molecule has 2 N–H and O–H groups in total. The van der Waals surface area contributed by atoms with Crippen LogP contribution in [0.25, 0.3) is 0 Å². The summed E-state index contributed by atoms with van der Waals surface area (Å²) in [5.41, 5.74) is 7.10. The molecule has 5 nitrogen and oxygen atoms in total. The molecule has 1 saturated carbocycles. The molecule has 0 bridgehead atoms. The van der Waals surface area contributed by atoms with Crippen LogP contribution in [0.2, 0.25) is 0 Å². The maximum Gasteiger partial charge on any atom is 0.132 e. The quantitative estimate of drug-likeness (QED) is 0.833. The Balaban J connectivity index is 0.00000113. The normalized spacial score (nSPS) is 27.8. The number of hydrogen-bond donors (Lipinski definition) is 1. The van der Waals surface area contributed by atoms with Crippen molar-refractivity contribution in [3.8, 4) is 0 Å². The second kappa shape index (κ2) is 9.60. The van der Waals surface area contributed by atoms with Gasteiger partial charge in [-0.25, -0.2) is 9.97 Å². The van der Waals surface area contributed by atoms with Crippen LogP contribution in [-0.2, 0) is 0 Å². The molecule has 25 heavy (non-hydrogen) atoms. The van der Waals surface area contributed by atoms with Crippen molar-refractivity contribution >= 4 is 42.4 Å². The molecule has 0 atom stereocenters. The first-order chi connectivity index (χ1) is 11.3. The Bertz CT molecular complexity index is 530. The fourth-order valence-corrected chi connectivity index (χ4v) is 5.11. The van der Waals surface area contributed by atoms with Gasteiger partial charge in [0.05, 0.1) is 0 Å². The molecule has 8 heteroatoms. The van der Waals surface area contributed by atoms with E-state index >= 15 is 0 Å². The molecule has 4 rings (SSSR count). The lowest BCUT2D eigenvalue weighted by atomic mass is 9.78. The molecular weight excluding hydrogens is 377 g/mol. The van der Waals surface area contributed by atoms with Crippen molar-refractivity contribution in [1.82, 2.24) is 14.9 Å². The van der Waals surface area contributed by atoms with Gasteiger partial charge in [-0.2, -0.15) is 11.8 Å². The molecule has 3 fully saturated rings. The molecule has 2 aliphatic heterocycles. The van der Waals surface area contributed by atoms with E-state index in [0.717, 1.165) is 37.8 Å². The smallest absolute Gasteiger partial charge is 0.132 e. The minimum atomic E-state index is 0. The first-order valence-corrected chi connectivity index (χ1v) is 10.1. The number of piperazine rings is 1. The number of rotatable bonds is 3. The van der Waals surface area contributed by atoms with Crippen LogP contribution < -0.4 is 10.6 Å². The lowest BCUT2D eigenvalue weighted by Gasteiger charge is -2.41. The maximum absolute atomic E-state index is 5.91. The van der Waals surface area contributed by atoms with Crippen molar-refractivity contribution in [2.24, 2.45) is 5.73 Å². The van der Waals surface area contributed by atoms with Gasteiger partial charge in [-0.1, -0.05) is 0 Å². The molecule has 1 aromatic rings. The topological polar surface area (TPSA) is 58.3 Å². The van der Waals surface area contributed by atoms with E-state index in [2.05, 4.69) is 37.6 Å². The first kappa shape index (κ1) is 21.0. The van der Waals surface area contributed by atoms with Crippen LogP contribution in [-0.4, -0.2) is 64.6 Å². The van der Waals surface area contributed by atoms with Crippen molar-refractivity contribution in [1.29, 1.82) is 0 Å².